The zero-order valence-electron chi connectivity index (χ0n) is 7.29. The number of rotatable bonds is 4. The smallest absolute Gasteiger partial charge is 0.316 e. The third kappa shape index (κ3) is 9.00. The lowest BCUT2D eigenvalue weighted by molar-refractivity contribution is 0.244. The molecule has 0 saturated carbocycles. The summed E-state index contributed by atoms with van der Waals surface area (Å²) in [4.78, 5) is 10.9. The molecule has 0 aromatic heterocycles. The zero-order valence-corrected chi connectivity index (χ0v) is 8.93. The van der Waals surface area contributed by atoms with Crippen LogP contribution in [-0.4, -0.2) is 28.1 Å². The van der Waals surface area contributed by atoms with Crippen molar-refractivity contribution in [2.24, 2.45) is 11.5 Å². The first-order chi connectivity index (χ1) is 6.52. The molecule has 0 unspecified atom stereocenters. The summed E-state index contributed by atoms with van der Waals surface area (Å²) in [5, 5.41) is 18.5. The Balaban J connectivity index is 3.37. The second-order valence-electron chi connectivity index (χ2n) is 1.99. The lowest BCUT2D eigenvalue weighted by Crippen LogP contribution is -2.36. The highest BCUT2D eigenvalue weighted by Crippen LogP contribution is 1.94. The number of nitrogens with two attached hydrogens (primary N) is 2. The first-order valence-corrected chi connectivity index (χ1v) is 5.45. The fourth-order valence-corrected chi connectivity index (χ4v) is 1.14. The minimum atomic E-state index is -0.382. The number of urea groups is 1. The van der Waals surface area contributed by atoms with Crippen LogP contribution in [0.25, 0.3) is 0 Å². The lowest BCUT2D eigenvalue weighted by atomic mass is 10.9. The van der Waals surface area contributed by atoms with Gasteiger partial charge in [-0.2, -0.15) is 0 Å². The van der Waals surface area contributed by atoms with Gasteiger partial charge >= 0.3 is 6.03 Å². The van der Waals surface area contributed by atoms with Crippen molar-refractivity contribution in [2.75, 3.05) is 11.8 Å². The Morgan fingerprint density at radius 2 is 1.43 bits per heavy atom. The molecule has 0 spiro atoms. The van der Waals surface area contributed by atoms with E-state index in [2.05, 4.69) is 10.6 Å². The second kappa shape index (κ2) is 7.33. The van der Waals surface area contributed by atoms with Crippen molar-refractivity contribution in [1.29, 1.82) is 10.8 Å². The molecule has 0 aromatic rings. The van der Waals surface area contributed by atoms with Crippen LogP contribution >= 0.6 is 23.5 Å². The van der Waals surface area contributed by atoms with Gasteiger partial charge in [-0.05, 0) is 0 Å². The molecule has 0 aromatic carbocycles. The molecule has 0 bridgehead atoms. The number of amidine groups is 2. The molecule has 0 saturated heterocycles. The molecule has 0 heterocycles. The molecule has 7 nitrogen and oxygen atoms in total. The van der Waals surface area contributed by atoms with Gasteiger partial charge in [0.1, 0.15) is 0 Å². The Hall–Kier alpha value is -1.09. The highest BCUT2D eigenvalue weighted by Gasteiger charge is 1.99. The highest BCUT2D eigenvalue weighted by atomic mass is 32.2. The Morgan fingerprint density at radius 1 is 1.07 bits per heavy atom. The predicted octanol–water partition coefficient (Wildman–Crippen LogP) is -0.546. The van der Waals surface area contributed by atoms with Crippen LogP contribution < -0.4 is 22.1 Å². The number of hydrogen-bond donors (Lipinski definition) is 6. The van der Waals surface area contributed by atoms with Crippen molar-refractivity contribution in [3.05, 3.63) is 0 Å². The molecule has 0 radical (unpaired) electrons. The molecule has 80 valence electrons. The second-order valence-corrected chi connectivity index (χ2v) is 4.02. The van der Waals surface area contributed by atoms with Crippen LogP contribution in [0, 0.1) is 10.8 Å². The summed E-state index contributed by atoms with van der Waals surface area (Å²) < 4.78 is 0. The van der Waals surface area contributed by atoms with E-state index in [4.69, 9.17) is 22.3 Å². The number of carbonyl (C=O) groups is 1. The summed E-state index contributed by atoms with van der Waals surface area (Å²) in [6, 6.07) is -0.382. The van der Waals surface area contributed by atoms with Crippen LogP contribution in [0.15, 0.2) is 0 Å². The van der Waals surface area contributed by atoms with Crippen LogP contribution in [-0.2, 0) is 0 Å². The molecule has 8 N–H and O–H groups in total. The Labute approximate surface area is 89.8 Å². The number of carbonyl (C=O) groups excluding carboxylic acids is 1. The van der Waals surface area contributed by atoms with Gasteiger partial charge in [0.25, 0.3) is 0 Å². The topological polar surface area (TPSA) is 141 Å². The minimum absolute atomic E-state index is 0.0524. The van der Waals surface area contributed by atoms with Gasteiger partial charge in [-0.1, -0.05) is 23.5 Å². The van der Waals surface area contributed by atoms with Crippen LogP contribution in [0.1, 0.15) is 0 Å². The van der Waals surface area contributed by atoms with Crippen LogP contribution in [0.4, 0.5) is 4.79 Å². The van der Waals surface area contributed by atoms with Crippen molar-refractivity contribution >= 4 is 39.9 Å². The van der Waals surface area contributed by atoms with Crippen LogP contribution in [0.3, 0.4) is 0 Å². The van der Waals surface area contributed by atoms with E-state index in [-0.39, 0.29) is 28.1 Å². The number of thioether (sulfide) groups is 2. The van der Waals surface area contributed by atoms with E-state index < -0.39 is 0 Å². The minimum Gasteiger partial charge on any atom is -0.379 e. The normalized spacial score (nSPS) is 9.14. The summed E-state index contributed by atoms with van der Waals surface area (Å²) >= 11 is 2.03. The third-order valence-electron chi connectivity index (χ3n) is 0.921. The predicted molar refractivity (Wildman–Crippen MR) is 60.4 cm³/mol. The fourth-order valence-electron chi connectivity index (χ4n) is 0.421. The van der Waals surface area contributed by atoms with E-state index >= 15 is 0 Å². The van der Waals surface area contributed by atoms with E-state index in [0.29, 0.717) is 0 Å². The van der Waals surface area contributed by atoms with E-state index in [9.17, 15) is 4.79 Å². The molecule has 0 aliphatic rings. The van der Waals surface area contributed by atoms with Crippen LogP contribution in [0.2, 0.25) is 0 Å². The zero-order chi connectivity index (χ0) is 11.0. The van der Waals surface area contributed by atoms with Crippen molar-refractivity contribution in [3.8, 4) is 0 Å². The van der Waals surface area contributed by atoms with E-state index in [0.717, 1.165) is 23.5 Å². The van der Waals surface area contributed by atoms with E-state index in [1.54, 1.807) is 0 Å². The maximum atomic E-state index is 10.9. The molecular formula is C5H12N6OS2. The lowest BCUT2D eigenvalue weighted by Gasteiger charge is -2.05. The fraction of sp³-hybridized carbons (Fsp3) is 0.400. The molecule has 0 atom stereocenters. The third-order valence-corrected chi connectivity index (χ3v) is 2.12. The molecule has 2 amide bonds. The standard InChI is InChI=1S/C5H12N6OS2/c6-3(7)13-1-10-5(12)11-2-14-4(8)9/h1-2H2,(H3,6,7)(H3,8,9)(H2,10,11,12). The van der Waals surface area contributed by atoms with Crippen molar-refractivity contribution < 1.29 is 4.79 Å². The number of nitrogens with one attached hydrogen (secondary N) is 4. The molecule has 14 heavy (non-hydrogen) atoms. The number of hydrogen-bond acceptors (Lipinski definition) is 5. The maximum absolute atomic E-state index is 10.9. The van der Waals surface area contributed by atoms with Gasteiger partial charge in [0, 0.05) is 0 Å². The van der Waals surface area contributed by atoms with Crippen LogP contribution in [0.5, 0.6) is 0 Å². The van der Waals surface area contributed by atoms with E-state index in [1.807, 2.05) is 0 Å². The summed E-state index contributed by atoms with van der Waals surface area (Å²) in [6.45, 7) is 0. The monoisotopic (exact) mass is 236 g/mol. The maximum Gasteiger partial charge on any atom is 0.316 e. The Kier molecular flexibility index (Phi) is 6.76. The van der Waals surface area contributed by atoms with Gasteiger partial charge in [0.15, 0.2) is 10.3 Å². The number of amides is 2. The SMILES string of the molecule is N=C(N)SCNC(=O)NCSC(=N)N. The van der Waals surface area contributed by atoms with Crippen molar-refractivity contribution in [3.63, 3.8) is 0 Å². The van der Waals surface area contributed by atoms with Gasteiger partial charge in [0.2, 0.25) is 0 Å². The molecule has 0 aliphatic heterocycles. The summed E-state index contributed by atoms with van der Waals surface area (Å²) in [6.07, 6.45) is 0. The molecule has 0 aliphatic carbocycles. The van der Waals surface area contributed by atoms with Gasteiger partial charge in [-0.3, -0.25) is 10.8 Å². The largest absolute Gasteiger partial charge is 0.379 e. The summed E-state index contributed by atoms with van der Waals surface area (Å²) in [5.41, 5.74) is 10.1. The van der Waals surface area contributed by atoms with Gasteiger partial charge in [-0.15, -0.1) is 0 Å². The Bertz CT molecular complexity index is 210. The average molecular weight is 236 g/mol. The molecule has 9 heteroatoms. The first kappa shape index (κ1) is 12.9. The Morgan fingerprint density at radius 3 is 1.71 bits per heavy atom. The van der Waals surface area contributed by atoms with Gasteiger partial charge in [-0.25, -0.2) is 4.79 Å². The summed E-state index contributed by atoms with van der Waals surface area (Å²) in [7, 11) is 0. The van der Waals surface area contributed by atoms with E-state index in [1.165, 1.54) is 0 Å². The van der Waals surface area contributed by atoms with Gasteiger partial charge < -0.3 is 22.1 Å². The van der Waals surface area contributed by atoms with Crippen molar-refractivity contribution in [1.82, 2.24) is 10.6 Å². The highest BCUT2D eigenvalue weighted by molar-refractivity contribution is 8.13. The summed E-state index contributed by atoms with van der Waals surface area (Å²) in [5.74, 6) is 0.484. The van der Waals surface area contributed by atoms with Crippen molar-refractivity contribution in [2.45, 2.75) is 0 Å². The molecular weight excluding hydrogens is 224 g/mol. The molecule has 0 rings (SSSR count). The average Bonchev–Trinajstić information content (AvgIpc) is 2.02. The molecule has 0 fully saturated rings. The first-order valence-electron chi connectivity index (χ1n) is 3.47. The van der Waals surface area contributed by atoms with Gasteiger partial charge in [0.05, 0.1) is 11.8 Å². The quantitative estimate of drug-likeness (QED) is 0.221.